The fraction of sp³-hybridized carbons (Fsp3) is 0.0400. The molecule has 1 spiro atoms. The van der Waals surface area contributed by atoms with Gasteiger partial charge in [0.05, 0.1) is 5.41 Å². The first kappa shape index (κ1) is 30.6. The smallest absolute Gasteiger partial charge is 0.0726 e. The van der Waals surface area contributed by atoms with E-state index in [1.54, 1.807) is 0 Å². The Bertz CT molecular complexity index is 2420. The molecule has 0 aromatic heterocycles. The van der Waals surface area contributed by atoms with E-state index in [0.717, 1.165) is 22.6 Å². The third-order valence-electron chi connectivity index (χ3n) is 10.6. The molecule has 2 aliphatic rings. The molecule has 242 valence electrons. The van der Waals surface area contributed by atoms with Crippen molar-refractivity contribution < 1.29 is 0 Å². The summed E-state index contributed by atoms with van der Waals surface area (Å²) in [5.41, 5.74) is 17.8. The molecule has 51 heavy (non-hydrogen) atoms. The van der Waals surface area contributed by atoms with Crippen LogP contribution in [0.4, 0.5) is 11.4 Å². The molecule has 0 heterocycles. The van der Waals surface area contributed by atoms with E-state index < -0.39 is 5.41 Å². The maximum atomic E-state index is 4.69. The van der Waals surface area contributed by atoms with Crippen molar-refractivity contribution in [1.82, 2.24) is 0 Å². The number of anilines is 2. The molecule has 0 saturated heterocycles. The fourth-order valence-electron chi connectivity index (χ4n) is 8.39. The molecule has 0 saturated carbocycles. The highest BCUT2D eigenvalue weighted by molar-refractivity contribution is 5.96. The molecule has 0 radical (unpaired) electrons. The van der Waals surface area contributed by atoms with Crippen molar-refractivity contribution in [3.63, 3.8) is 0 Å². The molecule has 0 amide bonds. The number of hydrogen-bond acceptors (Lipinski definition) is 1. The predicted octanol–water partition coefficient (Wildman–Crippen LogP) is 13.0. The van der Waals surface area contributed by atoms with E-state index in [4.69, 9.17) is 6.58 Å². The minimum atomic E-state index is -0.416. The second kappa shape index (κ2) is 12.5. The number of hydrogen-bond donors (Lipinski definition) is 0. The van der Waals surface area contributed by atoms with Crippen LogP contribution >= 0.6 is 0 Å². The third-order valence-corrected chi connectivity index (χ3v) is 10.6. The number of benzene rings is 7. The largest absolute Gasteiger partial charge is 0.311 e. The molecule has 2 aliphatic carbocycles. The van der Waals surface area contributed by atoms with Gasteiger partial charge in [-0.1, -0.05) is 170 Å². The van der Waals surface area contributed by atoms with E-state index in [9.17, 15) is 0 Å². The summed E-state index contributed by atoms with van der Waals surface area (Å²) < 4.78 is 0. The Morgan fingerprint density at radius 3 is 1.51 bits per heavy atom. The van der Waals surface area contributed by atoms with Gasteiger partial charge in [-0.3, -0.25) is 0 Å². The van der Waals surface area contributed by atoms with Gasteiger partial charge < -0.3 is 4.90 Å². The molecule has 0 fully saturated rings. The third kappa shape index (κ3) is 4.85. The van der Waals surface area contributed by atoms with Crippen LogP contribution in [0.25, 0.3) is 39.0 Å². The molecular formula is C50H37N. The molecule has 0 bridgehead atoms. The van der Waals surface area contributed by atoms with Gasteiger partial charge in [-0.2, -0.15) is 0 Å². The predicted molar refractivity (Wildman–Crippen MR) is 215 cm³/mol. The van der Waals surface area contributed by atoms with Crippen LogP contribution in [0.1, 0.15) is 34.7 Å². The molecule has 1 heteroatoms. The molecule has 7 aromatic rings. The topological polar surface area (TPSA) is 3.24 Å². The zero-order valence-corrected chi connectivity index (χ0v) is 28.6. The number of nitrogens with zero attached hydrogens (tertiary/aromatic N) is 1. The summed E-state index contributed by atoms with van der Waals surface area (Å²) in [5, 5.41) is 0. The summed E-state index contributed by atoms with van der Waals surface area (Å²) in [6, 6.07) is 63.9. The molecule has 0 aliphatic heterocycles. The van der Waals surface area contributed by atoms with Crippen molar-refractivity contribution in [3.05, 3.63) is 234 Å². The van der Waals surface area contributed by atoms with E-state index in [1.807, 2.05) is 0 Å². The van der Waals surface area contributed by atoms with Crippen molar-refractivity contribution in [1.29, 1.82) is 0 Å². The van der Waals surface area contributed by atoms with Crippen LogP contribution in [0.15, 0.2) is 206 Å². The number of rotatable bonds is 7. The van der Waals surface area contributed by atoms with Crippen LogP contribution in [0, 0.1) is 0 Å². The van der Waals surface area contributed by atoms with Crippen LogP contribution < -0.4 is 4.90 Å². The minimum Gasteiger partial charge on any atom is -0.311 e. The zero-order valence-electron chi connectivity index (χ0n) is 28.6. The summed E-state index contributed by atoms with van der Waals surface area (Å²) in [4.78, 5) is 2.30. The Morgan fingerprint density at radius 1 is 0.471 bits per heavy atom. The monoisotopic (exact) mass is 651 g/mol. The highest BCUT2D eigenvalue weighted by Crippen LogP contribution is 2.63. The van der Waals surface area contributed by atoms with Crippen LogP contribution in [-0.4, -0.2) is 0 Å². The molecular weight excluding hydrogens is 615 g/mol. The normalized spacial score (nSPS) is 13.5. The maximum Gasteiger partial charge on any atom is 0.0726 e. The summed E-state index contributed by atoms with van der Waals surface area (Å²) in [6.07, 6.45) is 6.48. The van der Waals surface area contributed by atoms with E-state index in [-0.39, 0.29) is 0 Å². The van der Waals surface area contributed by atoms with E-state index >= 15 is 0 Å². The Labute approximate surface area is 300 Å². The Balaban J connectivity index is 1.23. The molecule has 1 nitrogen and oxygen atoms in total. The van der Waals surface area contributed by atoms with Crippen LogP contribution in [0.2, 0.25) is 0 Å². The second-order valence-corrected chi connectivity index (χ2v) is 13.3. The van der Waals surface area contributed by atoms with Crippen molar-refractivity contribution in [2.45, 2.75) is 12.3 Å². The summed E-state index contributed by atoms with van der Waals surface area (Å²) in [6.45, 7) is 6.78. The summed E-state index contributed by atoms with van der Waals surface area (Å²) >= 11 is 0. The van der Waals surface area contributed by atoms with E-state index in [1.165, 1.54) is 61.2 Å². The van der Waals surface area contributed by atoms with Crippen LogP contribution in [0.5, 0.6) is 0 Å². The average molecular weight is 652 g/mol. The lowest BCUT2D eigenvalue weighted by Gasteiger charge is -2.32. The molecule has 0 N–H and O–H groups in total. The molecule has 0 unspecified atom stereocenters. The second-order valence-electron chi connectivity index (χ2n) is 13.3. The standard InChI is InChI=1S/C50H37N/c1-3-36(37-16-6-4-7-17-37)27-26-35(2)51(40-30-28-39(29-31-40)38-18-8-5-9-19-38)41-32-33-45-44-22-12-15-25-48(44)50(49(45)34-41)46-23-13-10-20-42(46)43-21-11-14-24-47(43)50/h3-34H,2H2,1H3/b27-26-,36-3+. The summed E-state index contributed by atoms with van der Waals surface area (Å²) in [5.74, 6) is 0. The minimum absolute atomic E-state index is 0.416. The van der Waals surface area contributed by atoms with Crippen molar-refractivity contribution in [2.24, 2.45) is 0 Å². The SMILES string of the molecule is C=C(/C=C\C(=C/C)c1ccccc1)N(c1ccc(-c2ccccc2)cc1)c1ccc2c(c1)C1(c3ccccc3-c3ccccc31)c1ccccc1-2. The van der Waals surface area contributed by atoms with E-state index in [0.29, 0.717) is 0 Å². The molecule has 0 atom stereocenters. The van der Waals surface area contributed by atoms with Gasteiger partial charge in [-0.05, 0) is 104 Å². The lowest BCUT2D eigenvalue weighted by Crippen LogP contribution is -2.26. The lowest BCUT2D eigenvalue weighted by atomic mass is 9.70. The average Bonchev–Trinajstić information content (AvgIpc) is 3.66. The first-order valence-electron chi connectivity index (χ1n) is 17.7. The van der Waals surface area contributed by atoms with Gasteiger partial charge in [0, 0.05) is 17.1 Å². The number of allylic oxidation sites excluding steroid dienone is 4. The quantitative estimate of drug-likeness (QED) is 0.155. The van der Waals surface area contributed by atoms with Gasteiger partial charge in [0.2, 0.25) is 0 Å². The van der Waals surface area contributed by atoms with Crippen LogP contribution in [-0.2, 0) is 5.41 Å². The Kier molecular flexibility index (Phi) is 7.48. The first-order chi connectivity index (χ1) is 25.2. The fourth-order valence-corrected chi connectivity index (χ4v) is 8.39. The summed E-state index contributed by atoms with van der Waals surface area (Å²) in [7, 11) is 0. The van der Waals surface area contributed by atoms with Gasteiger partial charge in [-0.25, -0.2) is 0 Å². The van der Waals surface area contributed by atoms with Crippen LogP contribution in [0.3, 0.4) is 0 Å². The van der Waals surface area contributed by atoms with Gasteiger partial charge in [0.1, 0.15) is 0 Å². The first-order valence-corrected chi connectivity index (χ1v) is 17.7. The lowest BCUT2D eigenvalue weighted by molar-refractivity contribution is 0.793. The Morgan fingerprint density at radius 2 is 0.941 bits per heavy atom. The van der Waals surface area contributed by atoms with Gasteiger partial charge in [0.15, 0.2) is 0 Å². The van der Waals surface area contributed by atoms with Gasteiger partial charge in [-0.15, -0.1) is 0 Å². The number of fused-ring (bicyclic) bond motifs is 10. The van der Waals surface area contributed by atoms with E-state index in [2.05, 4.69) is 206 Å². The van der Waals surface area contributed by atoms with Gasteiger partial charge in [0.25, 0.3) is 0 Å². The highest BCUT2D eigenvalue weighted by Gasteiger charge is 2.51. The van der Waals surface area contributed by atoms with Crippen molar-refractivity contribution in [3.8, 4) is 33.4 Å². The highest BCUT2D eigenvalue weighted by atomic mass is 15.1. The van der Waals surface area contributed by atoms with Crippen molar-refractivity contribution in [2.75, 3.05) is 4.90 Å². The zero-order chi connectivity index (χ0) is 34.4. The molecule has 9 rings (SSSR count). The van der Waals surface area contributed by atoms with Crippen molar-refractivity contribution >= 4 is 16.9 Å². The van der Waals surface area contributed by atoms with Gasteiger partial charge >= 0.3 is 0 Å². The maximum absolute atomic E-state index is 4.69. The Hall–Kier alpha value is -6.44. The molecule has 7 aromatic carbocycles.